The quantitative estimate of drug-likeness (QED) is 0.540. The van der Waals surface area contributed by atoms with Crippen molar-refractivity contribution in [3.8, 4) is 5.69 Å². The number of ketones is 1. The molecule has 0 spiro atoms. The van der Waals surface area contributed by atoms with E-state index in [4.69, 9.17) is 0 Å². The summed E-state index contributed by atoms with van der Waals surface area (Å²) < 4.78 is 29.6. The van der Waals surface area contributed by atoms with Crippen LogP contribution in [0.15, 0.2) is 71.9 Å². The minimum absolute atomic E-state index is 0.0798. The number of piperidine rings is 1. The first-order valence-corrected chi connectivity index (χ1v) is 12.3. The zero-order valence-electron chi connectivity index (χ0n) is 18.3. The van der Waals surface area contributed by atoms with Crippen molar-refractivity contribution in [1.29, 1.82) is 0 Å². The van der Waals surface area contributed by atoms with E-state index in [0.29, 0.717) is 18.4 Å². The highest BCUT2D eigenvalue weighted by atomic mass is 32.2. The van der Waals surface area contributed by atoms with Crippen LogP contribution in [0.4, 0.5) is 0 Å². The minimum Gasteiger partial charge on any atom is -0.351 e. The van der Waals surface area contributed by atoms with E-state index < -0.39 is 16.1 Å². The monoisotopic (exact) mass is 466 g/mol. The zero-order valence-corrected chi connectivity index (χ0v) is 19.2. The van der Waals surface area contributed by atoms with Gasteiger partial charge in [0.25, 0.3) is 0 Å². The lowest BCUT2D eigenvalue weighted by atomic mass is 10.0. The average molecular weight is 467 g/mol. The number of hydrogen-bond donors (Lipinski definition) is 1. The fourth-order valence-electron chi connectivity index (χ4n) is 4.05. The maximum atomic E-state index is 13.3. The number of sulfonamides is 1. The van der Waals surface area contributed by atoms with E-state index in [0.717, 1.165) is 17.7 Å². The lowest BCUT2D eigenvalue weighted by Gasteiger charge is -2.33. The third kappa shape index (κ3) is 4.89. The van der Waals surface area contributed by atoms with Gasteiger partial charge in [-0.3, -0.25) is 9.59 Å². The van der Waals surface area contributed by atoms with E-state index in [-0.39, 0.29) is 29.7 Å². The van der Waals surface area contributed by atoms with Gasteiger partial charge in [-0.1, -0.05) is 36.8 Å². The number of aromatic nitrogens is 2. The number of nitrogens with one attached hydrogen (secondary N) is 1. The highest BCUT2D eigenvalue weighted by Gasteiger charge is 2.37. The molecule has 2 aromatic carbocycles. The van der Waals surface area contributed by atoms with Crippen LogP contribution in [0.5, 0.6) is 0 Å². The third-order valence-electron chi connectivity index (χ3n) is 5.82. The van der Waals surface area contributed by atoms with Gasteiger partial charge >= 0.3 is 0 Å². The van der Waals surface area contributed by atoms with Gasteiger partial charge in [-0.2, -0.15) is 9.40 Å². The summed E-state index contributed by atoms with van der Waals surface area (Å²) in [5, 5.41) is 7.17. The largest absolute Gasteiger partial charge is 0.351 e. The fourth-order valence-corrected chi connectivity index (χ4v) is 5.70. The molecule has 1 aliphatic heterocycles. The summed E-state index contributed by atoms with van der Waals surface area (Å²) in [4.78, 5) is 24.7. The fraction of sp³-hybridized carbons (Fsp3) is 0.292. The minimum atomic E-state index is -3.88. The van der Waals surface area contributed by atoms with Gasteiger partial charge < -0.3 is 5.32 Å². The number of rotatable bonds is 7. The molecule has 172 valence electrons. The smallest absolute Gasteiger partial charge is 0.243 e. The lowest BCUT2D eigenvalue weighted by molar-refractivity contribution is -0.125. The molecule has 1 saturated heterocycles. The second kappa shape index (κ2) is 9.68. The van der Waals surface area contributed by atoms with Crippen molar-refractivity contribution in [3.63, 3.8) is 0 Å². The molecular weight excluding hydrogens is 440 g/mol. The molecule has 33 heavy (non-hydrogen) atoms. The Balaban J connectivity index is 1.52. The summed E-state index contributed by atoms with van der Waals surface area (Å²) in [6, 6.07) is 14.5. The number of carbonyl (C=O) groups is 2. The van der Waals surface area contributed by atoms with Gasteiger partial charge in [0.15, 0.2) is 5.78 Å². The Bertz CT molecular complexity index is 1240. The molecule has 1 N–H and O–H groups in total. The molecule has 8 nitrogen and oxygen atoms in total. The average Bonchev–Trinajstić information content (AvgIpc) is 3.37. The molecule has 1 fully saturated rings. The van der Waals surface area contributed by atoms with Crippen LogP contribution in [0.25, 0.3) is 5.69 Å². The lowest BCUT2D eigenvalue weighted by Crippen LogP contribution is -2.51. The molecule has 0 aliphatic carbocycles. The van der Waals surface area contributed by atoms with E-state index in [1.807, 2.05) is 36.5 Å². The predicted octanol–water partition coefficient (Wildman–Crippen LogP) is 2.93. The predicted molar refractivity (Wildman–Crippen MR) is 123 cm³/mol. The van der Waals surface area contributed by atoms with Gasteiger partial charge in [0.1, 0.15) is 6.04 Å². The van der Waals surface area contributed by atoms with Gasteiger partial charge in [-0.25, -0.2) is 13.1 Å². The highest BCUT2D eigenvalue weighted by Crippen LogP contribution is 2.26. The Morgan fingerprint density at radius 1 is 1.06 bits per heavy atom. The van der Waals surface area contributed by atoms with Crippen LogP contribution in [0.1, 0.15) is 42.1 Å². The maximum Gasteiger partial charge on any atom is 0.243 e. The number of para-hydroxylation sites is 1. The van der Waals surface area contributed by atoms with Crippen molar-refractivity contribution in [2.75, 3.05) is 6.54 Å². The number of benzene rings is 2. The summed E-state index contributed by atoms with van der Waals surface area (Å²) in [5.41, 5.74) is 2.17. The van der Waals surface area contributed by atoms with Crippen molar-refractivity contribution in [1.82, 2.24) is 19.4 Å². The Kier molecular flexibility index (Phi) is 6.71. The molecule has 3 aromatic rings. The van der Waals surface area contributed by atoms with Crippen LogP contribution in [-0.4, -0.2) is 46.8 Å². The number of Topliss-reactive ketones (excluding diaryl/α,β-unsaturated/α-hetero) is 1. The molecule has 0 radical (unpaired) electrons. The van der Waals surface area contributed by atoms with E-state index in [9.17, 15) is 18.0 Å². The van der Waals surface area contributed by atoms with Gasteiger partial charge in [0, 0.05) is 31.0 Å². The Hall–Kier alpha value is -3.30. The topological polar surface area (TPSA) is 101 Å². The number of nitrogens with zero attached hydrogens (tertiary/aromatic N) is 3. The first-order valence-electron chi connectivity index (χ1n) is 10.9. The van der Waals surface area contributed by atoms with Crippen LogP contribution < -0.4 is 5.32 Å². The van der Waals surface area contributed by atoms with Crippen LogP contribution in [0.2, 0.25) is 0 Å². The van der Waals surface area contributed by atoms with Crippen molar-refractivity contribution < 1.29 is 18.0 Å². The van der Waals surface area contributed by atoms with Crippen molar-refractivity contribution >= 4 is 21.7 Å². The molecule has 1 aliphatic rings. The molecule has 4 rings (SSSR count). The van der Waals surface area contributed by atoms with Crippen molar-refractivity contribution in [3.05, 3.63) is 78.1 Å². The summed E-state index contributed by atoms with van der Waals surface area (Å²) in [6.45, 7) is 1.96. The maximum absolute atomic E-state index is 13.3. The molecule has 9 heteroatoms. The normalized spacial score (nSPS) is 16.9. The van der Waals surface area contributed by atoms with E-state index in [2.05, 4.69) is 10.4 Å². The highest BCUT2D eigenvalue weighted by molar-refractivity contribution is 7.89. The van der Waals surface area contributed by atoms with Crippen molar-refractivity contribution in [2.45, 2.75) is 43.7 Å². The second-order valence-corrected chi connectivity index (χ2v) is 9.90. The summed E-state index contributed by atoms with van der Waals surface area (Å²) in [5.74, 6) is -0.460. The van der Waals surface area contributed by atoms with Gasteiger partial charge in [0.2, 0.25) is 15.9 Å². The van der Waals surface area contributed by atoms with Crippen molar-refractivity contribution in [2.24, 2.45) is 0 Å². The van der Waals surface area contributed by atoms with Crippen LogP contribution in [0.3, 0.4) is 0 Å². The Morgan fingerprint density at radius 3 is 2.52 bits per heavy atom. The molecule has 1 atom stereocenters. The zero-order chi connectivity index (χ0) is 23.4. The first kappa shape index (κ1) is 22.9. The van der Waals surface area contributed by atoms with E-state index in [1.165, 1.54) is 35.5 Å². The van der Waals surface area contributed by atoms with Gasteiger partial charge in [-0.15, -0.1) is 0 Å². The SMILES string of the molecule is CC(=O)c1ccc(S(=O)(=O)N2CCCCC2C(=O)NCc2ccccc2-n2cccn2)cc1. The van der Waals surface area contributed by atoms with E-state index >= 15 is 0 Å². The second-order valence-electron chi connectivity index (χ2n) is 8.01. The van der Waals surface area contributed by atoms with Crippen LogP contribution in [-0.2, 0) is 21.4 Å². The van der Waals surface area contributed by atoms with Gasteiger partial charge in [0.05, 0.1) is 10.6 Å². The Morgan fingerprint density at radius 2 is 1.82 bits per heavy atom. The summed E-state index contributed by atoms with van der Waals surface area (Å²) in [7, 11) is -3.88. The van der Waals surface area contributed by atoms with E-state index in [1.54, 1.807) is 10.9 Å². The Labute approximate surface area is 193 Å². The molecule has 1 unspecified atom stereocenters. The molecular formula is C24H26N4O4S. The summed E-state index contributed by atoms with van der Waals surface area (Å²) >= 11 is 0. The van der Waals surface area contributed by atoms with Crippen LogP contribution in [0, 0.1) is 0 Å². The number of carbonyl (C=O) groups excluding carboxylic acids is 2. The molecule has 1 amide bonds. The van der Waals surface area contributed by atoms with Crippen LogP contribution >= 0.6 is 0 Å². The third-order valence-corrected chi connectivity index (χ3v) is 7.74. The summed E-state index contributed by atoms with van der Waals surface area (Å²) in [6.07, 6.45) is 5.43. The number of hydrogen-bond acceptors (Lipinski definition) is 5. The molecule has 1 aromatic heterocycles. The number of amides is 1. The standard InChI is InChI=1S/C24H26N4O4S/c1-18(29)19-10-12-21(13-11-19)33(31,32)28-16-5-4-9-23(28)24(30)25-17-20-7-2-3-8-22(20)27-15-6-14-26-27/h2-3,6-8,10-15,23H,4-5,9,16-17H2,1H3,(H,25,30). The molecule has 0 saturated carbocycles. The van der Waals surface area contributed by atoms with Gasteiger partial charge in [-0.05, 0) is 49.6 Å². The first-order chi connectivity index (χ1) is 15.9. The molecule has 2 heterocycles. The molecule has 0 bridgehead atoms.